The molecule has 2 heterocycles. The molecule has 2 N–H and O–H groups in total. The Balaban J connectivity index is 1.57. The minimum Gasteiger partial charge on any atom is -0.493 e. The van der Waals surface area contributed by atoms with Crippen LogP contribution in [0.25, 0.3) is 0 Å². The number of halogens is 2. The minimum atomic E-state index is -1.19. The van der Waals surface area contributed by atoms with Crippen LogP contribution in [-0.2, 0) is 18.9 Å². The Labute approximate surface area is 195 Å². The molecule has 2 aliphatic heterocycles. The van der Waals surface area contributed by atoms with Gasteiger partial charge in [0, 0.05) is 11.1 Å². The van der Waals surface area contributed by atoms with E-state index in [0.29, 0.717) is 32.7 Å². The molecule has 0 aliphatic carbocycles. The van der Waals surface area contributed by atoms with Gasteiger partial charge in [0.1, 0.15) is 24.4 Å². The van der Waals surface area contributed by atoms with Crippen LogP contribution in [-0.4, -0.2) is 62.1 Å². The van der Waals surface area contributed by atoms with Gasteiger partial charge in [-0.3, -0.25) is 0 Å². The third-order valence-electron chi connectivity index (χ3n) is 5.42. The number of benzene rings is 2. The summed E-state index contributed by atoms with van der Waals surface area (Å²) in [6.45, 7) is -0.328. The second-order valence-corrected chi connectivity index (χ2v) is 8.23. The van der Waals surface area contributed by atoms with Gasteiger partial charge >= 0.3 is 0 Å². The van der Waals surface area contributed by atoms with Gasteiger partial charge in [0.15, 0.2) is 24.1 Å². The van der Waals surface area contributed by atoms with Crippen molar-refractivity contribution in [3.63, 3.8) is 0 Å². The first-order chi connectivity index (χ1) is 15.4. The molecule has 6 atom stereocenters. The second kappa shape index (κ2) is 10.1. The fourth-order valence-electron chi connectivity index (χ4n) is 3.77. The zero-order valence-corrected chi connectivity index (χ0v) is 19.0. The highest BCUT2D eigenvalue weighted by molar-refractivity contribution is 6.42. The smallest absolute Gasteiger partial charge is 0.185 e. The Morgan fingerprint density at radius 2 is 1.66 bits per heavy atom. The Morgan fingerprint density at radius 3 is 2.34 bits per heavy atom. The molecule has 0 spiro atoms. The molecule has 2 fully saturated rings. The molecule has 0 amide bonds. The summed E-state index contributed by atoms with van der Waals surface area (Å²) >= 11 is 12.1. The molecule has 2 aromatic rings. The summed E-state index contributed by atoms with van der Waals surface area (Å²) in [7, 11) is 3.08. The summed E-state index contributed by atoms with van der Waals surface area (Å²) in [5.41, 5.74) is 1.32. The van der Waals surface area contributed by atoms with E-state index in [4.69, 9.17) is 51.6 Å². The maximum atomic E-state index is 10.5. The molecular weight excluding hydrogens is 463 g/mol. The molecule has 4 rings (SSSR count). The van der Waals surface area contributed by atoms with E-state index in [1.807, 2.05) is 0 Å². The van der Waals surface area contributed by atoms with Crippen LogP contribution >= 0.6 is 23.2 Å². The summed E-state index contributed by atoms with van der Waals surface area (Å²) in [5, 5.41) is 20.9. The van der Waals surface area contributed by atoms with E-state index in [1.165, 1.54) is 7.11 Å². The van der Waals surface area contributed by atoms with Crippen molar-refractivity contribution in [1.29, 1.82) is 0 Å². The maximum Gasteiger partial charge on any atom is 0.185 e. The van der Waals surface area contributed by atoms with Crippen molar-refractivity contribution >= 4 is 23.2 Å². The lowest BCUT2D eigenvalue weighted by Gasteiger charge is -2.47. The number of hydrogen-bond acceptors (Lipinski definition) is 8. The predicted molar refractivity (Wildman–Crippen MR) is 115 cm³/mol. The van der Waals surface area contributed by atoms with Gasteiger partial charge in [0.05, 0.1) is 37.5 Å². The number of hydrogen-bond donors (Lipinski definition) is 2. The Bertz CT molecular complexity index is 942. The quantitative estimate of drug-likeness (QED) is 0.642. The van der Waals surface area contributed by atoms with E-state index in [9.17, 15) is 10.2 Å². The van der Waals surface area contributed by atoms with Crippen LogP contribution in [0.1, 0.15) is 23.7 Å². The summed E-state index contributed by atoms with van der Waals surface area (Å²) in [5.74, 6) is 1.07. The molecule has 0 radical (unpaired) electrons. The van der Waals surface area contributed by atoms with Gasteiger partial charge < -0.3 is 38.6 Å². The average molecular weight is 487 g/mol. The summed E-state index contributed by atoms with van der Waals surface area (Å²) in [4.78, 5) is 0. The summed E-state index contributed by atoms with van der Waals surface area (Å²) < 4.78 is 34.7. The van der Waals surface area contributed by atoms with Crippen LogP contribution in [0.3, 0.4) is 0 Å². The molecule has 8 nitrogen and oxygen atoms in total. The van der Waals surface area contributed by atoms with E-state index < -0.39 is 43.6 Å². The van der Waals surface area contributed by atoms with E-state index >= 15 is 0 Å². The number of fused-ring (bicyclic) bond motifs is 1. The van der Waals surface area contributed by atoms with Gasteiger partial charge in [-0.15, -0.1) is 0 Å². The predicted octanol–water partition coefficient (Wildman–Crippen LogP) is 3.26. The number of aliphatic hydroxyl groups excluding tert-OH is 2. The standard InChI is InChI=1S/C22H24Cl2O8/c1-27-16-6-4-12(8-17(16)28-2)22-30-18-10-29-21(11-3-5-13(23)14(24)7-11)32-20(18)19(31-22)15(26)9-25/h3-8,15,18-22,25-26H,9-10H2,1-2H3. The highest BCUT2D eigenvalue weighted by Gasteiger charge is 2.48. The summed E-state index contributed by atoms with van der Waals surface area (Å²) in [6, 6.07) is 10.3. The number of rotatable bonds is 6. The van der Waals surface area contributed by atoms with Crippen LogP contribution in [0.4, 0.5) is 0 Å². The first kappa shape index (κ1) is 23.5. The zero-order valence-electron chi connectivity index (χ0n) is 17.4. The molecule has 2 aliphatic rings. The van der Waals surface area contributed by atoms with Crippen molar-refractivity contribution < 1.29 is 38.6 Å². The van der Waals surface area contributed by atoms with Gasteiger partial charge in [-0.05, 0) is 24.3 Å². The molecule has 0 bridgehead atoms. The average Bonchev–Trinajstić information content (AvgIpc) is 2.83. The van der Waals surface area contributed by atoms with E-state index in [2.05, 4.69) is 0 Å². The first-order valence-electron chi connectivity index (χ1n) is 9.99. The summed E-state index contributed by atoms with van der Waals surface area (Å²) in [6.07, 6.45) is -4.90. The fourth-order valence-corrected chi connectivity index (χ4v) is 4.07. The molecule has 174 valence electrons. The molecule has 2 aromatic carbocycles. The molecule has 0 saturated carbocycles. The third-order valence-corrected chi connectivity index (χ3v) is 6.16. The number of ether oxygens (including phenoxy) is 6. The van der Waals surface area contributed by atoms with Crippen molar-refractivity contribution in [3.05, 3.63) is 57.6 Å². The topological polar surface area (TPSA) is 95.8 Å². The lowest BCUT2D eigenvalue weighted by atomic mass is 9.99. The van der Waals surface area contributed by atoms with Crippen LogP contribution < -0.4 is 9.47 Å². The van der Waals surface area contributed by atoms with Crippen molar-refractivity contribution in [2.45, 2.75) is 37.0 Å². The molecule has 10 heteroatoms. The van der Waals surface area contributed by atoms with Crippen molar-refractivity contribution in [3.8, 4) is 11.5 Å². The van der Waals surface area contributed by atoms with Crippen molar-refractivity contribution in [2.75, 3.05) is 27.4 Å². The van der Waals surface area contributed by atoms with Crippen molar-refractivity contribution in [2.24, 2.45) is 0 Å². The van der Waals surface area contributed by atoms with Gasteiger partial charge in [0.25, 0.3) is 0 Å². The third kappa shape index (κ3) is 4.69. The normalized spacial score (nSPS) is 28.6. The Morgan fingerprint density at radius 1 is 0.938 bits per heavy atom. The Kier molecular flexibility index (Phi) is 7.44. The Hall–Kier alpha value is -1.62. The monoisotopic (exact) mass is 486 g/mol. The van der Waals surface area contributed by atoms with E-state index in [0.717, 1.165) is 0 Å². The van der Waals surface area contributed by atoms with Crippen LogP contribution in [0.5, 0.6) is 11.5 Å². The SMILES string of the molecule is COc1ccc(C2OC3COC(c4ccc(Cl)c(Cl)c4)OC3C(C(O)CO)O2)cc1OC. The lowest BCUT2D eigenvalue weighted by Crippen LogP contribution is -2.58. The number of aliphatic hydroxyl groups is 2. The second-order valence-electron chi connectivity index (χ2n) is 7.41. The highest BCUT2D eigenvalue weighted by atomic mass is 35.5. The van der Waals surface area contributed by atoms with E-state index in [-0.39, 0.29) is 6.61 Å². The zero-order chi connectivity index (χ0) is 22.8. The largest absolute Gasteiger partial charge is 0.493 e. The van der Waals surface area contributed by atoms with Crippen LogP contribution in [0.15, 0.2) is 36.4 Å². The van der Waals surface area contributed by atoms with Gasteiger partial charge in [0.2, 0.25) is 0 Å². The van der Waals surface area contributed by atoms with Crippen molar-refractivity contribution in [1.82, 2.24) is 0 Å². The highest BCUT2D eigenvalue weighted by Crippen LogP contribution is 2.41. The fraction of sp³-hybridized carbons (Fsp3) is 0.455. The molecule has 6 unspecified atom stereocenters. The molecule has 0 aromatic heterocycles. The molecular formula is C22H24Cl2O8. The maximum absolute atomic E-state index is 10.5. The first-order valence-corrected chi connectivity index (χ1v) is 10.7. The van der Waals surface area contributed by atoms with E-state index in [1.54, 1.807) is 43.5 Å². The van der Waals surface area contributed by atoms with Crippen LogP contribution in [0.2, 0.25) is 10.0 Å². The number of methoxy groups -OCH3 is 2. The van der Waals surface area contributed by atoms with Gasteiger partial charge in [-0.1, -0.05) is 35.3 Å². The van der Waals surface area contributed by atoms with Crippen LogP contribution in [0, 0.1) is 0 Å². The minimum absolute atomic E-state index is 0.178. The molecule has 2 saturated heterocycles. The molecule has 32 heavy (non-hydrogen) atoms. The lowest BCUT2D eigenvalue weighted by molar-refractivity contribution is -0.373. The van der Waals surface area contributed by atoms with Gasteiger partial charge in [-0.2, -0.15) is 0 Å². The van der Waals surface area contributed by atoms with Gasteiger partial charge in [-0.25, -0.2) is 0 Å².